The molecule has 7 nitrogen and oxygen atoms in total. The summed E-state index contributed by atoms with van der Waals surface area (Å²) in [6.45, 7) is 5.12. The van der Waals surface area contributed by atoms with Crippen molar-refractivity contribution in [1.82, 2.24) is 20.4 Å². The van der Waals surface area contributed by atoms with Crippen LogP contribution in [0.1, 0.15) is 37.4 Å². The number of hydrogen-bond donors (Lipinski definition) is 1. The number of likely N-dealkylation sites (tertiary alicyclic amines) is 1. The van der Waals surface area contributed by atoms with E-state index in [4.69, 9.17) is 9.26 Å². The Bertz CT molecular complexity index is 752. The summed E-state index contributed by atoms with van der Waals surface area (Å²) in [7, 11) is 0. The standard InChI is InChI=1S/C18H23FN4O3/c1-12(11-25-16-7-3-6-15(19)9-16)20-18(24)23-8-4-5-14(10-23)17-21-13(2)22-26-17/h3,6-7,9,12,14H,4-5,8,10-11H2,1-2H3,(H,20,24)/t12-,14+/m1/s1. The molecule has 0 unspecified atom stereocenters. The summed E-state index contributed by atoms with van der Waals surface area (Å²) in [6, 6.07) is 5.57. The molecule has 2 heterocycles. The predicted molar refractivity (Wildman–Crippen MR) is 92.5 cm³/mol. The second kappa shape index (κ2) is 8.16. The molecule has 2 atom stereocenters. The van der Waals surface area contributed by atoms with Gasteiger partial charge < -0.3 is 19.5 Å². The van der Waals surface area contributed by atoms with Crippen LogP contribution < -0.4 is 10.1 Å². The summed E-state index contributed by atoms with van der Waals surface area (Å²) >= 11 is 0. The van der Waals surface area contributed by atoms with Gasteiger partial charge in [-0.05, 0) is 38.8 Å². The largest absolute Gasteiger partial charge is 0.491 e. The van der Waals surface area contributed by atoms with Crippen LogP contribution in [0.25, 0.3) is 0 Å². The molecule has 8 heteroatoms. The first-order valence-corrected chi connectivity index (χ1v) is 8.75. The highest BCUT2D eigenvalue weighted by Crippen LogP contribution is 2.25. The Morgan fingerprint density at radius 1 is 1.54 bits per heavy atom. The molecule has 0 radical (unpaired) electrons. The fraction of sp³-hybridized carbons (Fsp3) is 0.500. The average molecular weight is 362 g/mol. The smallest absolute Gasteiger partial charge is 0.317 e. The number of rotatable bonds is 5. The molecule has 2 aromatic rings. The van der Waals surface area contributed by atoms with Gasteiger partial charge in [0.15, 0.2) is 5.82 Å². The zero-order chi connectivity index (χ0) is 18.5. The third-order valence-electron chi connectivity index (χ3n) is 4.27. The van der Waals surface area contributed by atoms with E-state index in [-0.39, 0.29) is 30.4 Å². The van der Waals surface area contributed by atoms with Gasteiger partial charge in [-0.15, -0.1) is 0 Å². The summed E-state index contributed by atoms with van der Waals surface area (Å²) in [6.07, 6.45) is 1.80. The number of ether oxygens (including phenoxy) is 1. The van der Waals surface area contributed by atoms with E-state index in [2.05, 4.69) is 15.5 Å². The van der Waals surface area contributed by atoms with Crippen molar-refractivity contribution in [2.24, 2.45) is 0 Å². The number of piperidine rings is 1. The Kier molecular flexibility index (Phi) is 5.70. The molecule has 0 saturated carbocycles. The topological polar surface area (TPSA) is 80.5 Å². The van der Waals surface area contributed by atoms with Crippen LogP contribution in [0.15, 0.2) is 28.8 Å². The predicted octanol–water partition coefficient (Wildman–Crippen LogP) is 2.87. The maximum Gasteiger partial charge on any atom is 0.317 e. The maximum absolute atomic E-state index is 13.1. The lowest BCUT2D eigenvalue weighted by molar-refractivity contribution is 0.164. The molecular formula is C18H23FN4O3. The third-order valence-corrected chi connectivity index (χ3v) is 4.27. The lowest BCUT2D eigenvalue weighted by Crippen LogP contribution is -2.48. The number of carbonyl (C=O) groups excluding carboxylic acids is 1. The minimum Gasteiger partial charge on any atom is -0.491 e. The molecule has 1 aromatic heterocycles. The number of aromatic nitrogens is 2. The Hall–Kier alpha value is -2.64. The number of amides is 2. The Labute approximate surface area is 151 Å². The number of nitrogens with one attached hydrogen (secondary N) is 1. The van der Waals surface area contributed by atoms with E-state index < -0.39 is 0 Å². The number of nitrogens with zero attached hydrogens (tertiary/aromatic N) is 3. The van der Waals surface area contributed by atoms with E-state index >= 15 is 0 Å². The molecular weight excluding hydrogens is 339 g/mol. The molecule has 1 aliphatic rings. The molecule has 2 amide bonds. The van der Waals surface area contributed by atoms with Crippen molar-refractivity contribution >= 4 is 6.03 Å². The van der Waals surface area contributed by atoms with Crippen LogP contribution in [0.2, 0.25) is 0 Å². The molecule has 140 valence electrons. The summed E-state index contributed by atoms with van der Waals surface area (Å²) in [5, 5.41) is 6.73. The van der Waals surface area contributed by atoms with Crippen molar-refractivity contribution in [2.45, 2.75) is 38.6 Å². The van der Waals surface area contributed by atoms with Gasteiger partial charge in [0, 0.05) is 19.2 Å². The van der Waals surface area contributed by atoms with Crippen molar-refractivity contribution in [3.8, 4) is 5.75 Å². The van der Waals surface area contributed by atoms with Gasteiger partial charge in [-0.1, -0.05) is 11.2 Å². The number of hydrogen-bond acceptors (Lipinski definition) is 5. The second-order valence-corrected chi connectivity index (χ2v) is 6.58. The molecule has 0 spiro atoms. The normalized spacial score (nSPS) is 18.4. The SMILES string of the molecule is Cc1noc([C@H]2CCCN(C(=O)N[C@H](C)COc3cccc(F)c3)C2)n1. The molecule has 0 aliphatic carbocycles. The lowest BCUT2D eigenvalue weighted by atomic mass is 9.98. The highest BCUT2D eigenvalue weighted by Gasteiger charge is 2.28. The van der Waals surface area contributed by atoms with E-state index in [1.165, 1.54) is 12.1 Å². The zero-order valence-electron chi connectivity index (χ0n) is 14.9. The number of benzene rings is 1. The van der Waals surface area contributed by atoms with Crippen LogP contribution in [-0.2, 0) is 0 Å². The van der Waals surface area contributed by atoms with Gasteiger partial charge in [0.05, 0.1) is 12.0 Å². The van der Waals surface area contributed by atoms with E-state index in [0.717, 1.165) is 12.8 Å². The van der Waals surface area contributed by atoms with Crippen molar-refractivity contribution < 1.29 is 18.4 Å². The molecule has 26 heavy (non-hydrogen) atoms. The molecule has 0 bridgehead atoms. The monoisotopic (exact) mass is 362 g/mol. The van der Waals surface area contributed by atoms with Crippen LogP contribution in [-0.4, -0.2) is 46.8 Å². The summed E-state index contributed by atoms with van der Waals surface area (Å²) < 4.78 is 23.9. The molecule has 1 aliphatic heterocycles. The fourth-order valence-corrected chi connectivity index (χ4v) is 2.96. The maximum atomic E-state index is 13.1. The first kappa shape index (κ1) is 18.2. The van der Waals surface area contributed by atoms with Crippen LogP contribution in [0.3, 0.4) is 0 Å². The first-order chi connectivity index (χ1) is 12.5. The van der Waals surface area contributed by atoms with Crippen LogP contribution in [0.5, 0.6) is 5.75 Å². The molecule has 3 rings (SSSR count). The number of aryl methyl sites for hydroxylation is 1. The lowest BCUT2D eigenvalue weighted by Gasteiger charge is -2.32. The summed E-state index contributed by atoms with van der Waals surface area (Å²) in [4.78, 5) is 18.5. The van der Waals surface area contributed by atoms with Gasteiger partial charge in [-0.2, -0.15) is 4.98 Å². The van der Waals surface area contributed by atoms with Crippen LogP contribution >= 0.6 is 0 Å². The number of urea groups is 1. The summed E-state index contributed by atoms with van der Waals surface area (Å²) in [5.74, 6) is 1.34. The van der Waals surface area contributed by atoms with Gasteiger partial charge in [0.25, 0.3) is 0 Å². The van der Waals surface area contributed by atoms with Gasteiger partial charge in [-0.25, -0.2) is 9.18 Å². The zero-order valence-corrected chi connectivity index (χ0v) is 14.9. The van der Waals surface area contributed by atoms with Crippen molar-refractivity contribution in [3.05, 3.63) is 41.8 Å². The van der Waals surface area contributed by atoms with Crippen LogP contribution in [0, 0.1) is 12.7 Å². The second-order valence-electron chi connectivity index (χ2n) is 6.58. The summed E-state index contributed by atoms with van der Waals surface area (Å²) in [5.41, 5.74) is 0. The average Bonchev–Trinajstić information content (AvgIpc) is 3.07. The van der Waals surface area contributed by atoms with E-state index in [0.29, 0.717) is 30.6 Å². The third kappa shape index (κ3) is 4.71. The molecule has 1 aromatic carbocycles. The van der Waals surface area contributed by atoms with Crippen LogP contribution in [0.4, 0.5) is 9.18 Å². The van der Waals surface area contributed by atoms with Crippen molar-refractivity contribution in [2.75, 3.05) is 19.7 Å². The Balaban J connectivity index is 1.49. The highest BCUT2D eigenvalue weighted by molar-refractivity contribution is 5.74. The van der Waals surface area contributed by atoms with Gasteiger partial charge in [0.1, 0.15) is 18.2 Å². The quantitative estimate of drug-likeness (QED) is 0.885. The van der Waals surface area contributed by atoms with E-state index in [9.17, 15) is 9.18 Å². The number of halogens is 1. The first-order valence-electron chi connectivity index (χ1n) is 8.75. The molecule has 1 N–H and O–H groups in total. The van der Waals surface area contributed by atoms with E-state index in [1.54, 1.807) is 24.0 Å². The van der Waals surface area contributed by atoms with Crippen molar-refractivity contribution in [3.63, 3.8) is 0 Å². The Morgan fingerprint density at radius 2 is 2.38 bits per heavy atom. The van der Waals surface area contributed by atoms with Gasteiger partial charge in [-0.3, -0.25) is 0 Å². The molecule has 1 fully saturated rings. The number of carbonyl (C=O) groups is 1. The minimum absolute atomic E-state index is 0.0644. The highest BCUT2D eigenvalue weighted by atomic mass is 19.1. The minimum atomic E-state index is -0.352. The van der Waals surface area contributed by atoms with Gasteiger partial charge >= 0.3 is 6.03 Å². The van der Waals surface area contributed by atoms with Gasteiger partial charge in [0.2, 0.25) is 5.89 Å². The Morgan fingerprint density at radius 3 is 3.12 bits per heavy atom. The molecule has 1 saturated heterocycles. The fourth-order valence-electron chi connectivity index (χ4n) is 2.96. The van der Waals surface area contributed by atoms with Crippen molar-refractivity contribution in [1.29, 1.82) is 0 Å². The van der Waals surface area contributed by atoms with E-state index in [1.807, 2.05) is 6.92 Å².